The van der Waals surface area contributed by atoms with Crippen LogP contribution in [0.5, 0.6) is 5.75 Å². The summed E-state index contributed by atoms with van der Waals surface area (Å²) >= 11 is 0. The van der Waals surface area contributed by atoms with E-state index in [1.165, 1.54) is 29.5 Å². The molecule has 0 fully saturated rings. The maximum atomic E-state index is 13.1. The van der Waals surface area contributed by atoms with Crippen molar-refractivity contribution in [2.45, 2.75) is 106 Å². The van der Waals surface area contributed by atoms with Crippen LogP contribution >= 0.6 is 0 Å². The Hall–Kier alpha value is -2.89. The summed E-state index contributed by atoms with van der Waals surface area (Å²) in [6, 6.07) is 19.0. The van der Waals surface area contributed by atoms with E-state index in [9.17, 15) is 22.0 Å². The molecule has 1 atom stereocenters. The van der Waals surface area contributed by atoms with E-state index in [0.29, 0.717) is 43.1 Å². The van der Waals surface area contributed by atoms with E-state index in [1.54, 1.807) is 19.1 Å². The molecular formula is C35H49F5O. The molecule has 0 aliphatic heterocycles. The van der Waals surface area contributed by atoms with E-state index in [2.05, 4.69) is 58.9 Å². The van der Waals surface area contributed by atoms with Crippen LogP contribution in [0.25, 0.3) is 0 Å². The predicted octanol–water partition coefficient (Wildman–Crippen LogP) is 11.8. The van der Waals surface area contributed by atoms with Crippen molar-refractivity contribution in [3.8, 4) is 5.75 Å². The molecule has 230 valence electrons. The number of alkyl halides is 5. The molecule has 0 saturated carbocycles. The van der Waals surface area contributed by atoms with Gasteiger partial charge in [-0.1, -0.05) is 91.8 Å². The Morgan fingerprint density at radius 2 is 1.22 bits per heavy atom. The van der Waals surface area contributed by atoms with Gasteiger partial charge in [0.1, 0.15) is 5.75 Å². The summed E-state index contributed by atoms with van der Waals surface area (Å²) in [5.41, 5.74) is 2.88. The van der Waals surface area contributed by atoms with Crippen LogP contribution in [0.4, 0.5) is 22.0 Å². The fourth-order valence-electron chi connectivity index (χ4n) is 3.96. The second-order valence-electron chi connectivity index (χ2n) is 10.7. The van der Waals surface area contributed by atoms with Crippen molar-refractivity contribution in [2.75, 3.05) is 0 Å². The maximum absolute atomic E-state index is 13.1. The van der Waals surface area contributed by atoms with Crippen LogP contribution in [-0.2, 0) is 31.4 Å². The van der Waals surface area contributed by atoms with Crippen LogP contribution in [0.2, 0.25) is 0 Å². The lowest BCUT2D eigenvalue weighted by Gasteiger charge is -2.16. The monoisotopic (exact) mass is 580 g/mol. The highest BCUT2D eigenvalue weighted by atomic mass is 19.4. The SMILES string of the molecule is C.CCC(C)c1ccc(CC(C)C)cc1.CCCc1cc(C(C)(F)F)cc(C(F)(F)F)c1.CCc1ccc(O)cc1. The molecule has 6 heteroatoms. The molecular weight excluding hydrogens is 531 g/mol. The summed E-state index contributed by atoms with van der Waals surface area (Å²) in [5, 5.41) is 8.85. The zero-order valence-electron chi connectivity index (χ0n) is 24.9. The van der Waals surface area contributed by atoms with Crippen LogP contribution in [0.15, 0.2) is 66.7 Å². The Bertz CT molecular complexity index is 1080. The lowest BCUT2D eigenvalue weighted by atomic mass is 9.95. The summed E-state index contributed by atoms with van der Waals surface area (Å²) in [4.78, 5) is 0. The van der Waals surface area contributed by atoms with Crippen LogP contribution in [-0.4, -0.2) is 5.11 Å². The van der Waals surface area contributed by atoms with Gasteiger partial charge >= 0.3 is 6.18 Å². The normalized spacial score (nSPS) is 11.9. The number of aryl methyl sites for hydroxylation is 2. The smallest absolute Gasteiger partial charge is 0.416 e. The molecule has 0 aliphatic carbocycles. The number of halogens is 5. The van der Waals surface area contributed by atoms with E-state index >= 15 is 0 Å². The first-order valence-electron chi connectivity index (χ1n) is 14.1. The van der Waals surface area contributed by atoms with Crippen molar-refractivity contribution in [1.29, 1.82) is 0 Å². The number of phenols is 1. The number of hydrogen-bond donors (Lipinski definition) is 1. The van der Waals surface area contributed by atoms with Gasteiger partial charge in [0.05, 0.1) is 5.56 Å². The number of benzene rings is 3. The first kappa shape index (κ1) is 38.1. The van der Waals surface area contributed by atoms with Crippen molar-refractivity contribution in [1.82, 2.24) is 0 Å². The third-order valence-corrected chi connectivity index (χ3v) is 6.52. The molecule has 41 heavy (non-hydrogen) atoms. The van der Waals surface area contributed by atoms with Crippen molar-refractivity contribution in [3.63, 3.8) is 0 Å². The summed E-state index contributed by atoms with van der Waals surface area (Å²) < 4.78 is 63.7. The van der Waals surface area contributed by atoms with Gasteiger partial charge in [0.2, 0.25) is 0 Å². The van der Waals surface area contributed by atoms with E-state index in [1.807, 2.05) is 12.1 Å². The highest BCUT2D eigenvalue weighted by Crippen LogP contribution is 2.35. The highest BCUT2D eigenvalue weighted by molar-refractivity contribution is 5.34. The number of rotatable bonds is 8. The molecule has 3 aromatic carbocycles. The van der Waals surface area contributed by atoms with Crippen molar-refractivity contribution in [3.05, 3.63) is 100 Å². The van der Waals surface area contributed by atoms with Gasteiger partial charge in [0.15, 0.2) is 0 Å². The van der Waals surface area contributed by atoms with Gasteiger partial charge in [-0.05, 0) is 90.1 Å². The van der Waals surface area contributed by atoms with Crippen LogP contribution in [0.1, 0.15) is 108 Å². The second-order valence-corrected chi connectivity index (χ2v) is 10.7. The molecule has 0 radical (unpaired) electrons. The molecule has 3 rings (SSSR count). The minimum Gasteiger partial charge on any atom is -0.508 e. The molecule has 1 nitrogen and oxygen atoms in total. The Labute approximate surface area is 244 Å². The van der Waals surface area contributed by atoms with Gasteiger partial charge < -0.3 is 5.11 Å². The quantitative estimate of drug-likeness (QED) is 0.263. The predicted molar refractivity (Wildman–Crippen MR) is 163 cm³/mol. The summed E-state index contributed by atoms with van der Waals surface area (Å²) in [7, 11) is 0. The van der Waals surface area contributed by atoms with E-state index in [-0.39, 0.29) is 7.43 Å². The minimum atomic E-state index is -4.59. The zero-order chi connectivity index (χ0) is 30.5. The molecule has 0 spiro atoms. The number of hydrogen-bond acceptors (Lipinski definition) is 1. The lowest BCUT2D eigenvalue weighted by molar-refractivity contribution is -0.137. The largest absolute Gasteiger partial charge is 0.508 e. The van der Waals surface area contributed by atoms with Gasteiger partial charge in [-0.3, -0.25) is 0 Å². The van der Waals surface area contributed by atoms with Crippen LogP contribution in [0, 0.1) is 5.92 Å². The topological polar surface area (TPSA) is 20.2 Å². The zero-order valence-corrected chi connectivity index (χ0v) is 24.9. The summed E-state index contributed by atoms with van der Waals surface area (Å²) in [6.45, 7) is 13.5. The second kappa shape index (κ2) is 17.8. The van der Waals surface area contributed by atoms with Crippen LogP contribution in [0.3, 0.4) is 0 Å². The molecule has 1 N–H and O–H groups in total. The van der Waals surface area contributed by atoms with Crippen molar-refractivity contribution in [2.24, 2.45) is 5.92 Å². The van der Waals surface area contributed by atoms with Crippen molar-refractivity contribution < 1.29 is 27.1 Å². The summed E-state index contributed by atoms with van der Waals surface area (Å²) in [6.07, 6.45) is -0.183. The highest BCUT2D eigenvalue weighted by Gasteiger charge is 2.34. The Balaban J connectivity index is 0.000000603. The first-order valence-corrected chi connectivity index (χ1v) is 14.1. The fraction of sp³-hybridized carbons (Fsp3) is 0.486. The van der Waals surface area contributed by atoms with Gasteiger partial charge in [-0.25, -0.2) is 8.78 Å². The number of phenolic OH excluding ortho intramolecular Hbond substituents is 1. The molecule has 0 amide bonds. The van der Waals surface area contributed by atoms with E-state index in [4.69, 9.17) is 5.11 Å². The Kier molecular flexibility index (Phi) is 16.6. The van der Waals surface area contributed by atoms with Gasteiger partial charge in [-0.15, -0.1) is 0 Å². The van der Waals surface area contributed by atoms with Crippen LogP contribution < -0.4 is 0 Å². The Morgan fingerprint density at radius 3 is 1.63 bits per heavy atom. The molecule has 1 unspecified atom stereocenters. The maximum Gasteiger partial charge on any atom is 0.416 e. The van der Waals surface area contributed by atoms with Gasteiger partial charge in [0.25, 0.3) is 5.92 Å². The first-order chi connectivity index (χ1) is 18.6. The van der Waals surface area contributed by atoms with Gasteiger partial charge in [0, 0.05) is 12.5 Å². The Morgan fingerprint density at radius 1 is 0.707 bits per heavy atom. The third kappa shape index (κ3) is 14.5. The molecule has 0 heterocycles. The third-order valence-electron chi connectivity index (χ3n) is 6.52. The fourth-order valence-corrected chi connectivity index (χ4v) is 3.96. The van der Waals surface area contributed by atoms with Crippen molar-refractivity contribution >= 4 is 0 Å². The average molecular weight is 581 g/mol. The van der Waals surface area contributed by atoms with Gasteiger partial charge in [-0.2, -0.15) is 13.2 Å². The molecule has 0 aromatic heterocycles. The van der Waals surface area contributed by atoms with E-state index < -0.39 is 23.2 Å². The molecule has 0 aliphatic rings. The summed E-state index contributed by atoms with van der Waals surface area (Å²) in [5.74, 6) is -1.47. The minimum absolute atomic E-state index is 0. The molecule has 3 aromatic rings. The number of aromatic hydroxyl groups is 1. The lowest BCUT2D eigenvalue weighted by Crippen LogP contribution is -2.12. The average Bonchev–Trinajstić information content (AvgIpc) is 2.88. The van der Waals surface area contributed by atoms with E-state index in [0.717, 1.165) is 24.5 Å². The molecule has 0 bridgehead atoms. The molecule has 0 saturated heterocycles. The standard InChI is InChI=1S/C14H22.C12H13F5.C8H10O.CH4/c1-5-12(4)14-8-6-13(7-9-14)10-11(2)3;1-3-4-8-5-9(11(2,13)14)7-10(6-8)12(15,16)17;1-2-7-3-5-8(9)6-4-7;/h6-9,11-12H,5,10H2,1-4H3;5-7H,3-4H2,1-2H3;3-6,9H,2H2,1H3;1H4.